The SMILES string of the molecule is O=C(c1cc(Br)sc1Br)c1cccc2c1OCCC2. The number of ketones is 1. The van der Waals surface area contributed by atoms with Gasteiger partial charge in [-0.05, 0) is 62.4 Å². The molecule has 0 atom stereocenters. The summed E-state index contributed by atoms with van der Waals surface area (Å²) >= 11 is 8.34. The monoisotopic (exact) mass is 400 g/mol. The summed E-state index contributed by atoms with van der Waals surface area (Å²) < 4.78 is 7.48. The average molecular weight is 402 g/mol. The van der Waals surface area contributed by atoms with E-state index in [1.165, 1.54) is 11.3 Å². The second kappa shape index (κ2) is 5.38. The number of aryl methyl sites for hydroxylation is 1. The molecule has 3 rings (SSSR count). The Morgan fingerprint density at radius 2 is 2.11 bits per heavy atom. The summed E-state index contributed by atoms with van der Waals surface area (Å²) in [6.07, 6.45) is 1.99. The Labute approximate surface area is 132 Å². The number of benzene rings is 1. The molecule has 1 aliphatic rings. The van der Waals surface area contributed by atoms with Gasteiger partial charge in [-0.1, -0.05) is 12.1 Å². The summed E-state index contributed by atoms with van der Waals surface area (Å²) in [7, 11) is 0. The number of fused-ring (bicyclic) bond motifs is 1. The molecule has 2 aromatic rings. The van der Waals surface area contributed by atoms with E-state index in [0.29, 0.717) is 17.7 Å². The van der Waals surface area contributed by atoms with Crippen LogP contribution in [0.2, 0.25) is 0 Å². The lowest BCUT2D eigenvalue weighted by Gasteiger charge is -2.19. The molecule has 2 heterocycles. The zero-order valence-corrected chi connectivity index (χ0v) is 13.9. The summed E-state index contributed by atoms with van der Waals surface area (Å²) in [5, 5.41) is 0. The van der Waals surface area contributed by atoms with Gasteiger partial charge in [0.25, 0.3) is 0 Å². The van der Waals surface area contributed by atoms with Crippen molar-refractivity contribution in [2.75, 3.05) is 6.61 Å². The molecule has 0 fully saturated rings. The van der Waals surface area contributed by atoms with E-state index in [-0.39, 0.29) is 5.78 Å². The van der Waals surface area contributed by atoms with E-state index < -0.39 is 0 Å². The quantitative estimate of drug-likeness (QED) is 0.673. The first-order valence-electron chi connectivity index (χ1n) is 5.91. The minimum Gasteiger partial charge on any atom is -0.493 e. The van der Waals surface area contributed by atoms with Gasteiger partial charge in [0.15, 0.2) is 5.78 Å². The standard InChI is InChI=1S/C14H10Br2O2S/c15-11-7-10(14(16)19-11)12(17)9-5-1-3-8-4-2-6-18-13(8)9/h1,3,5,7H,2,4,6H2. The molecular weight excluding hydrogens is 392 g/mol. The van der Waals surface area contributed by atoms with Gasteiger partial charge in [-0.2, -0.15) is 0 Å². The lowest BCUT2D eigenvalue weighted by Crippen LogP contribution is -2.13. The summed E-state index contributed by atoms with van der Waals surface area (Å²) in [6.45, 7) is 0.686. The highest BCUT2D eigenvalue weighted by molar-refractivity contribution is 9.12. The molecule has 19 heavy (non-hydrogen) atoms. The lowest BCUT2D eigenvalue weighted by atomic mass is 9.98. The summed E-state index contributed by atoms with van der Waals surface area (Å²) in [5.74, 6) is 0.764. The van der Waals surface area contributed by atoms with Crippen molar-refractivity contribution in [3.05, 3.63) is 48.5 Å². The second-order valence-electron chi connectivity index (χ2n) is 4.31. The maximum atomic E-state index is 12.6. The minimum absolute atomic E-state index is 0.00701. The molecule has 0 radical (unpaired) electrons. The number of thiophene rings is 1. The van der Waals surface area contributed by atoms with E-state index in [0.717, 1.165) is 31.7 Å². The normalized spacial score (nSPS) is 13.8. The van der Waals surface area contributed by atoms with Crippen molar-refractivity contribution < 1.29 is 9.53 Å². The average Bonchev–Trinajstić information content (AvgIpc) is 2.76. The highest BCUT2D eigenvalue weighted by Crippen LogP contribution is 2.36. The molecule has 0 spiro atoms. The predicted molar refractivity (Wildman–Crippen MR) is 83.4 cm³/mol. The fraction of sp³-hybridized carbons (Fsp3) is 0.214. The highest BCUT2D eigenvalue weighted by atomic mass is 79.9. The van der Waals surface area contributed by atoms with Gasteiger partial charge in [-0.3, -0.25) is 4.79 Å². The summed E-state index contributed by atoms with van der Waals surface area (Å²) in [6, 6.07) is 7.64. The maximum absolute atomic E-state index is 12.6. The first-order valence-corrected chi connectivity index (χ1v) is 8.31. The van der Waals surface area contributed by atoms with Gasteiger partial charge in [0.05, 0.1) is 19.7 Å². The van der Waals surface area contributed by atoms with Crippen LogP contribution in [0.4, 0.5) is 0 Å². The number of para-hydroxylation sites is 1. The number of carbonyl (C=O) groups excluding carboxylic acids is 1. The van der Waals surface area contributed by atoms with E-state index in [4.69, 9.17) is 4.74 Å². The van der Waals surface area contributed by atoms with E-state index >= 15 is 0 Å². The van der Waals surface area contributed by atoms with Gasteiger partial charge in [-0.15, -0.1) is 11.3 Å². The van der Waals surface area contributed by atoms with Gasteiger partial charge >= 0.3 is 0 Å². The highest BCUT2D eigenvalue weighted by Gasteiger charge is 2.22. The number of hydrogen-bond acceptors (Lipinski definition) is 3. The Bertz CT molecular complexity index is 649. The molecule has 0 amide bonds. The Morgan fingerprint density at radius 1 is 1.26 bits per heavy atom. The number of rotatable bonds is 2. The predicted octanol–water partition coefficient (Wildman–Crippen LogP) is 4.83. The Hall–Kier alpha value is -0.650. The molecule has 98 valence electrons. The zero-order valence-electron chi connectivity index (χ0n) is 9.91. The molecule has 0 aliphatic carbocycles. The number of carbonyl (C=O) groups is 1. The van der Waals surface area contributed by atoms with Gasteiger partial charge in [0.2, 0.25) is 0 Å². The molecule has 0 unspecified atom stereocenters. The number of halogens is 2. The summed E-state index contributed by atoms with van der Waals surface area (Å²) in [4.78, 5) is 12.6. The molecule has 1 aromatic carbocycles. The number of ether oxygens (including phenoxy) is 1. The Balaban J connectivity index is 2.07. The van der Waals surface area contributed by atoms with Crippen molar-refractivity contribution in [2.45, 2.75) is 12.8 Å². The smallest absolute Gasteiger partial charge is 0.198 e. The molecule has 0 saturated heterocycles. The first kappa shape index (κ1) is 13.3. The van der Waals surface area contributed by atoms with Gasteiger partial charge in [0, 0.05) is 5.56 Å². The van der Waals surface area contributed by atoms with Crippen molar-refractivity contribution in [1.82, 2.24) is 0 Å². The molecule has 1 aromatic heterocycles. The molecular formula is C14H10Br2O2S. The largest absolute Gasteiger partial charge is 0.493 e. The molecule has 5 heteroatoms. The van der Waals surface area contributed by atoms with Crippen molar-refractivity contribution in [3.8, 4) is 5.75 Å². The van der Waals surface area contributed by atoms with Crippen LogP contribution in [0.1, 0.15) is 27.9 Å². The maximum Gasteiger partial charge on any atom is 0.198 e. The summed E-state index contributed by atoms with van der Waals surface area (Å²) in [5.41, 5.74) is 2.46. The molecule has 1 aliphatic heterocycles. The van der Waals surface area contributed by atoms with Crippen LogP contribution in [0.3, 0.4) is 0 Å². The van der Waals surface area contributed by atoms with Crippen LogP contribution < -0.4 is 4.74 Å². The van der Waals surface area contributed by atoms with E-state index in [1.54, 1.807) is 0 Å². The van der Waals surface area contributed by atoms with Gasteiger partial charge in [0.1, 0.15) is 5.75 Å². The Kier molecular flexibility index (Phi) is 3.78. The van der Waals surface area contributed by atoms with Crippen LogP contribution in [0.5, 0.6) is 5.75 Å². The third-order valence-corrected chi connectivity index (χ3v) is 5.42. The van der Waals surface area contributed by atoms with E-state index in [9.17, 15) is 4.79 Å². The van der Waals surface area contributed by atoms with Crippen LogP contribution in [-0.4, -0.2) is 12.4 Å². The fourth-order valence-electron chi connectivity index (χ4n) is 2.21. The molecule has 0 bridgehead atoms. The lowest BCUT2D eigenvalue weighted by molar-refractivity contribution is 0.103. The van der Waals surface area contributed by atoms with Crippen molar-refractivity contribution in [2.24, 2.45) is 0 Å². The fourth-order valence-corrected chi connectivity index (χ4v) is 5.00. The van der Waals surface area contributed by atoms with Crippen molar-refractivity contribution in [1.29, 1.82) is 0 Å². The van der Waals surface area contributed by atoms with Crippen LogP contribution in [0, 0.1) is 0 Å². The topological polar surface area (TPSA) is 26.3 Å². The Morgan fingerprint density at radius 3 is 2.84 bits per heavy atom. The molecule has 2 nitrogen and oxygen atoms in total. The second-order valence-corrected chi connectivity index (χ2v) is 8.06. The van der Waals surface area contributed by atoms with Gasteiger partial charge < -0.3 is 4.74 Å². The van der Waals surface area contributed by atoms with Crippen molar-refractivity contribution >= 4 is 49.0 Å². The third-order valence-electron chi connectivity index (χ3n) is 3.08. The number of hydrogen-bond donors (Lipinski definition) is 0. The molecule has 0 saturated carbocycles. The molecule has 0 N–H and O–H groups in total. The zero-order chi connectivity index (χ0) is 13.4. The van der Waals surface area contributed by atoms with E-state index in [1.807, 2.05) is 24.3 Å². The minimum atomic E-state index is 0.00701. The van der Waals surface area contributed by atoms with Crippen LogP contribution in [-0.2, 0) is 6.42 Å². The van der Waals surface area contributed by atoms with Crippen molar-refractivity contribution in [3.63, 3.8) is 0 Å². The van der Waals surface area contributed by atoms with E-state index in [2.05, 4.69) is 31.9 Å². The first-order chi connectivity index (χ1) is 9.16. The van der Waals surface area contributed by atoms with Crippen LogP contribution >= 0.6 is 43.2 Å². The van der Waals surface area contributed by atoms with Gasteiger partial charge in [-0.25, -0.2) is 0 Å². The van der Waals surface area contributed by atoms with Crippen LogP contribution in [0.15, 0.2) is 31.8 Å². The third kappa shape index (κ3) is 2.51. The van der Waals surface area contributed by atoms with Crippen LogP contribution in [0.25, 0.3) is 0 Å².